The molecule has 2 nitrogen and oxygen atoms in total. The molecule has 0 amide bonds. The van der Waals surface area contributed by atoms with Gasteiger partial charge >= 0.3 is 6.18 Å². The lowest BCUT2D eigenvalue weighted by Crippen LogP contribution is -2.13. The molecule has 1 aromatic carbocycles. The minimum Gasteiger partial charge on any atom is -0.493 e. The molecule has 1 aliphatic rings. The molecule has 0 bridgehead atoms. The van der Waals surface area contributed by atoms with Crippen LogP contribution in [0.25, 0.3) is 0 Å². The minimum atomic E-state index is -4.33. The number of hydrogen-bond donors (Lipinski definition) is 0. The maximum atomic E-state index is 12.9. The Morgan fingerprint density at radius 3 is 2.55 bits per heavy atom. The monoisotopic (exact) mass is 316 g/mol. The Kier molecular flexibility index (Phi) is 5.37. The van der Waals surface area contributed by atoms with Crippen molar-refractivity contribution in [1.29, 1.82) is 0 Å². The van der Waals surface area contributed by atoms with Crippen LogP contribution in [0.4, 0.5) is 13.2 Å². The summed E-state index contributed by atoms with van der Waals surface area (Å²) in [4.78, 5) is 0. The first-order valence-electron chi connectivity index (χ1n) is 7.85. The number of epoxide rings is 1. The molecule has 3 atom stereocenters. The molecule has 1 aromatic rings. The lowest BCUT2D eigenvalue weighted by Gasteiger charge is -2.16. The zero-order chi connectivity index (χ0) is 16.3. The van der Waals surface area contributed by atoms with E-state index < -0.39 is 11.7 Å². The molecule has 1 aliphatic heterocycles. The van der Waals surface area contributed by atoms with Gasteiger partial charge in [0.25, 0.3) is 0 Å². The third-order valence-corrected chi connectivity index (χ3v) is 3.98. The lowest BCUT2D eigenvalue weighted by molar-refractivity contribution is -0.137. The Balaban J connectivity index is 2.17. The second-order valence-corrected chi connectivity index (χ2v) is 5.90. The van der Waals surface area contributed by atoms with E-state index in [1.165, 1.54) is 12.1 Å². The van der Waals surface area contributed by atoms with E-state index in [2.05, 4.69) is 6.92 Å². The van der Waals surface area contributed by atoms with E-state index >= 15 is 0 Å². The highest BCUT2D eigenvalue weighted by molar-refractivity contribution is 5.39. The van der Waals surface area contributed by atoms with E-state index in [1.54, 1.807) is 0 Å². The summed E-state index contributed by atoms with van der Waals surface area (Å²) in [6.07, 6.45) is -1.64. The van der Waals surface area contributed by atoms with Crippen LogP contribution < -0.4 is 4.74 Å². The molecule has 1 saturated heterocycles. The lowest BCUT2D eigenvalue weighted by atomic mass is 9.94. The van der Waals surface area contributed by atoms with Crippen LogP contribution in [0.1, 0.15) is 44.7 Å². The van der Waals surface area contributed by atoms with Gasteiger partial charge in [0, 0.05) is 0 Å². The summed E-state index contributed by atoms with van der Waals surface area (Å²) in [5, 5.41) is 0. The van der Waals surface area contributed by atoms with E-state index in [1.807, 2.05) is 13.8 Å². The van der Waals surface area contributed by atoms with Crippen molar-refractivity contribution in [3.8, 4) is 5.75 Å². The maximum absolute atomic E-state index is 12.9. The highest BCUT2D eigenvalue weighted by Crippen LogP contribution is 2.37. The maximum Gasteiger partial charge on any atom is 0.416 e. The predicted octanol–water partition coefficient (Wildman–Crippen LogP) is 4.85. The number of benzene rings is 1. The van der Waals surface area contributed by atoms with Crippen molar-refractivity contribution in [2.75, 3.05) is 6.61 Å². The van der Waals surface area contributed by atoms with Gasteiger partial charge in [-0.15, -0.1) is 0 Å². The molecule has 1 fully saturated rings. The van der Waals surface area contributed by atoms with Gasteiger partial charge in [0.15, 0.2) is 0 Å². The topological polar surface area (TPSA) is 21.8 Å². The van der Waals surface area contributed by atoms with E-state index in [9.17, 15) is 13.2 Å². The van der Waals surface area contributed by atoms with Gasteiger partial charge in [0.05, 0.1) is 24.4 Å². The normalized spacial score (nSPS) is 22.5. The van der Waals surface area contributed by atoms with Crippen LogP contribution in [-0.4, -0.2) is 18.8 Å². The van der Waals surface area contributed by atoms with Crippen molar-refractivity contribution in [2.24, 2.45) is 5.92 Å². The van der Waals surface area contributed by atoms with Crippen molar-refractivity contribution in [3.63, 3.8) is 0 Å². The summed E-state index contributed by atoms with van der Waals surface area (Å²) >= 11 is 0. The number of alkyl halides is 3. The van der Waals surface area contributed by atoms with Gasteiger partial charge in [-0.2, -0.15) is 13.2 Å². The summed E-state index contributed by atoms with van der Waals surface area (Å²) in [6, 6.07) is 3.73. The molecule has 22 heavy (non-hydrogen) atoms. The Morgan fingerprint density at radius 2 is 2.00 bits per heavy atom. The van der Waals surface area contributed by atoms with Crippen molar-refractivity contribution < 1.29 is 22.6 Å². The Hall–Kier alpha value is -1.23. The first kappa shape index (κ1) is 17.1. The zero-order valence-corrected chi connectivity index (χ0v) is 13.2. The summed E-state index contributed by atoms with van der Waals surface area (Å²) in [5.74, 6) is 0.729. The SMILES string of the molecule is CCCOc1ccc(C(F)(F)F)cc1CC(C)C1OC1CC. The standard InChI is InChI=1S/C17H23F3O2/c1-4-8-21-15-7-6-13(17(18,19)20)10-12(15)9-11(3)16-14(5-2)22-16/h6-7,10-11,14,16H,4-5,8-9H2,1-3H3. The molecule has 124 valence electrons. The van der Waals surface area contributed by atoms with E-state index in [0.717, 1.165) is 18.9 Å². The quantitative estimate of drug-likeness (QED) is 0.671. The van der Waals surface area contributed by atoms with Crippen molar-refractivity contribution in [2.45, 2.75) is 58.4 Å². The highest BCUT2D eigenvalue weighted by Gasteiger charge is 2.41. The van der Waals surface area contributed by atoms with Gasteiger partial charge < -0.3 is 9.47 Å². The zero-order valence-electron chi connectivity index (χ0n) is 13.2. The molecular formula is C17H23F3O2. The molecule has 0 aliphatic carbocycles. The molecule has 0 N–H and O–H groups in total. The fraction of sp³-hybridized carbons (Fsp3) is 0.647. The molecule has 5 heteroatoms. The van der Waals surface area contributed by atoms with Gasteiger partial charge in [-0.3, -0.25) is 0 Å². The Labute approximate surface area is 129 Å². The third kappa shape index (κ3) is 4.15. The summed E-state index contributed by atoms with van der Waals surface area (Å²) < 4.78 is 49.9. The van der Waals surface area contributed by atoms with Crippen molar-refractivity contribution in [1.82, 2.24) is 0 Å². The van der Waals surface area contributed by atoms with Gasteiger partial charge in [0.1, 0.15) is 5.75 Å². The van der Waals surface area contributed by atoms with Gasteiger partial charge in [0.2, 0.25) is 0 Å². The highest BCUT2D eigenvalue weighted by atomic mass is 19.4. The van der Waals surface area contributed by atoms with Gasteiger partial charge in [-0.05, 0) is 48.9 Å². The largest absolute Gasteiger partial charge is 0.493 e. The van der Waals surface area contributed by atoms with Crippen molar-refractivity contribution in [3.05, 3.63) is 29.3 Å². The molecule has 0 radical (unpaired) electrons. The van der Waals surface area contributed by atoms with Crippen LogP contribution in [0.2, 0.25) is 0 Å². The predicted molar refractivity (Wildman–Crippen MR) is 79.1 cm³/mol. The molecule has 1 heterocycles. The Bertz CT molecular complexity index is 499. The summed E-state index contributed by atoms with van der Waals surface area (Å²) in [7, 11) is 0. The molecule has 0 saturated carbocycles. The fourth-order valence-corrected chi connectivity index (χ4v) is 2.72. The first-order chi connectivity index (χ1) is 10.4. The molecule has 2 rings (SSSR count). The third-order valence-electron chi connectivity index (χ3n) is 3.98. The number of rotatable bonds is 7. The fourth-order valence-electron chi connectivity index (χ4n) is 2.72. The van der Waals surface area contributed by atoms with E-state index in [-0.39, 0.29) is 18.1 Å². The average molecular weight is 316 g/mol. The molecule has 0 spiro atoms. The number of ether oxygens (including phenoxy) is 2. The molecule has 3 unspecified atom stereocenters. The summed E-state index contributed by atoms with van der Waals surface area (Å²) in [6.45, 7) is 6.54. The number of halogens is 3. The van der Waals surface area contributed by atoms with Crippen LogP contribution in [0.5, 0.6) is 5.75 Å². The van der Waals surface area contributed by atoms with Gasteiger partial charge in [-0.25, -0.2) is 0 Å². The van der Waals surface area contributed by atoms with Crippen LogP contribution in [0, 0.1) is 5.92 Å². The van der Waals surface area contributed by atoms with Crippen LogP contribution in [0.3, 0.4) is 0 Å². The van der Waals surface area contributed by atoms with Crippen LogP contribution >= 0.6 is 0 Å². The minimum absolute atomic E-state index is 0.151. The molecular weight excluding hydrogens is 293 g/mol. The average Bonchev–Trinajstić information content (AvgIpc) is 3.24. The van der Waals surface area contributed by atoms with E-state index in [0.29, 0.717) is 24.3 Å². The Morgan fingerprint density at radius 1 is 1.27 bits per heavy atom. The molecule has 0 aromatic heterocycles. The second-order valence-electron chi connectivity index (χ2n) is 5.90. The van der Waals surface area contributed by atoms with E-state index in [4.69, 9.17) is 9.47 Å². The smallest absolute Gasteiger partial charge is 0.416 e. The van der Waals surface area contributed by atoms with Gasteiger partial charge in [-0.1, -0.05) is 20.8 Å². The summed E-state index contributed by atoms with van der Waals surface area (Å²) in [5.41, 5.74) is -0.0107. The van der Waals surface area contributed by atoms with Crippen LogP contribution in [0.15, 0.2) is 18.2 Å². The van der Waals surface area contributed by atoms with Crippen molar-refractivity contribution >= 4 is 0 Å². The van der Waals surface area contributed by atoms with Crippen LogP contribution in [-0.2, 0) is 17.3 Å². The first-order valence-corrected chi connectivity index (χ1v) is 7.85. The number of hydrogen-bond acceptors (Lipinski definition) is 2. The second kappa shape index (κ2) is 6.90.